The third-order valence-corrected chi connectivity index (χ3v) is 2.09. The summed E-state index contributed by atoms with van der Waals surface area (Å²) in [5.74, 6) is 1.35. The molecule has 1 aromatic heterocycles. The summed E-state index contributed by atoms with van der Waals surface area (Å²) >= 11 is 0. The summed E-state index contributed by atoms with van der Waals surface area (Å²) in [4.78, 5) is 8.40. The van der Waals surface area contributed by atoms with Crippen LogP contribution in [-0.4, -0.2) is 43.9 Å². The van der Waals surface area contributed by atoms with E-state index in [2.05, 4.69) is 15.3 Å². The zero-order valence-electron chi connectivity index (χ0n) is 9.36. The van der Waals surface area contributed by atoms with Gasteiger partial charge in [-0.2, -0.15) is 4.98 Å². The van der Waals surface area contributed by atoms with E-state index in [1.165, 1.54) is 0 Å². The molecule has 0 saturated carbocycles. The zero-order valence-corrected chi connectivity index (χ0v) is 9.36. The van der Waals surface area contributed by atoms with E-state index in [9.17, 15) is 0 Å². The van der Waals surface area contributed by atoms with Crippen molar-refractivity contribution in [3.05, 3.63) is 18.1 Å². The highest BCUT2D eigenvalue weighted by molar-refractivity contribution is 5.08. The molecule has 0 aromatic carbocycles. The molecule has 1 heterocycles. The number of aromatic nitrogens is 2. The minimum atomic E-state index is 0.224. The number of ether oxygens (including phenoxy) is 2. The SMILES string of the molecule is CNC(COC)Cc1nccc(OC)n1. The van der Waals surface area contributed by atoms with Crippen LogP contribution in [0.15, 0.2) is 12.3 Å². The van der Waals surface area contributed by atoms with Crippen molar-refractivity contribution >= 4 is 0 Å². The molecule has 0 saturated heterocycles. The van der Waals surface area contributed by atoms with Crippen molar-refractivity contribution in [3.63, 3.8) is 0 Å². The third kappa shape index (κ3) is 3.81. The standard InChI is InChI=1S/C10H17N3O2/c1-11-8(7-14-2)6-9-12-5-4-10(13-9)15-3/h4-5,8,11H,6-7H2,1-3H3. The molecular formula is C10H17N3O2. The van der Waals surface area contributed by atoms with Gasteiger partial charge in [-0.15, -0.1) is 0 Å². The lowest BCUT2D eigenvalue weighted by Gasteiger charge is -2.13. The first-order valence-corrected chi connectivity index (χ1v) is 4.82. The lowest BCUT2D eigenvalue weighted by atomic mass is 10.2. The Hall–Kier alpha value is -1.20. The number of methoxy groups -OCH3 is 2. The Balaban J connectivity index is 2.61. The number of nitrogens with one attached hydrogen (secondary N) is 1. The molecule has 5 nitrogen and oxygen atoms in total. The molecule has 1 atom stereocenters. The molecule has 0 aliphatic heterocycles. The molecule has 0 aliphatic carbocycles. The summed E-state index contributed by atoms with van der Waals surface area (Å²) in [6, 6.07) is 1.95. The van der Waals surface area contributed by atoms with E-state index in [4.69, 9.17) is 9.47 Å². The van der Waals surface area contributed by atoms with Gasteiger partial charge in [0.2, 0.25) is 5.88 Å². The van der Waals surface area contributed by atoms with Gasteiger partial charge in [0.15, 0.2) is 0 Å². The van der Waals surface area contributed by atoms with Crippen molar-refractivity contribution in [1.29, 1.82) is 0 Å². The number of likely N-dealkylation sites (N-methyl/N-ethyl adjacent to an activating group) is 1. The average Bonchev–Trinajstić information content (AvgIpc) is 2.29. The number of rotatable bonds is 6. The van der Waals surface area contributed by atoms with Crippen LogP contribution in [0.3, 0.4) is 0 Å². The van der Waals surface area contributed by atoms with E-state index in [-0.39, 0.29) is 6.04 Å². The van der Waals surface area contributed by atoms with Crippen LogP contribution in [0, 0.1) is 0 Å². The number of hydrogen-bond acceptors (Lipinski definition) is 5. The van der Waals surface area contributed by atoms with E-state index in [0.29, 0.717) is 12.5 Å². The van der Waals surface area contributed by atoms with Crippen LogP contribution < -0.4 is 10.1 Å². The lowest BCUT2D eigenvalue weighted by Crippen LogP contribution is -2.32. The van der Waals surface area contributed by atoms with Gasteiger partial charge in [0, 0.05) is 31.8 Å². The Morgan fingerprint density at radius 2 is 2.27 bits per heavy atom. The Morgan fingerprint density at radius 3 is 2.87 bits per heavy atom. The van der Waals surface area contributed by atoms with Crippen molar-refractivity contribution in [1.82, 2.24) is 15.3 Å². The van der Waals surface area contributed by atoms with Crippen LogP contribution >= 0.6 is 0 Å². The van der Waals surface area contributed by atoms with Gasteiger partial charge in [-0.25, -0.2) is 4.98 Å². The van der Waals surface area contributed by atoms with Crippen molar-refractivity contribution < 1.29 is 9.47 Å². The van der Waals surface area contributed by atoms with Crippen molar-refractivity contribution in [3.8, 4) is 5.88 Å². The second-order valence-corrected chi connectivity index (χ2v) is 3.16. The van der Waals surface area contributed by atoms with Crippen LogP contribution in [0.4, 0.5) is 0 Å². The molecule has 0 spiro atoms. The summed E-state index contributed by atoms with van der Waals surface area (Å²) < 4.78 is 10.1. The first-order valence-electron chi connectivity index (χ1n) is 4.82. The van der Waals surface area contributed by atoms with Crippen LogP contribution in [0.5, 0.6) is 5.88 Å². The van der Waals surface area contributed by atoms with Crippen LogP contribution in [0.1, 0.15) is 5.82 Å². The summed E-state index contributed by atoms with van der Waals surface area (Å²) in [5, 5.41) is 3.14. The van der Waals surface area contributed by atoms with Gasteiger partial charge in [0.05, 0.1) is 13.7 Å². The summed E-state index contributed by atoms with van der Waals surface area (Å²) in [6.45, 7) is 0.636. The van der Waals surface area contributed by atoms with Gasteiger partial charge in [0.25, 0.3) is 0 Å². The van der Waals surface area contributed by atoms with Gasteiger partial charge >= 0.3 is 0 Å². The molecule has 15 heavy (non-hydrogen) atoms. The van der Waals surface area contributed by atoms with E-state index in [1.807, 2.05) is 7.05 Å². The Kier molecular flexibility index (Phi) is 5.00. The molecule has 0 bridgehead atoms. The fourth-order valence-electron chi connectivity index (χ4n) is 1.26. The molecule has 1 N–H and O–H groups in total. The fourth-order valence-corrected chi connectivity index (χ4v) is 1.26. The molecule has 1 rings (SSSR count). The predicted octanol–water partition coefficient (Wildman–Crippen LogP) is 0.262. The predicted molar refractivity (Wildman–Crippen MR) is 57.0 cm³/mol. The molecule has 1 aromatic rings. The largest absolute Gasteiger partial charge is 0.481 e. The number of hydrogen-bond donors (Lipinski definition) is 1. The summed E-state index contributed by atoms with van der Waals surface area (Å²) in [6.07, 6.45) is 2.42. The lowest BCUT2D eigenvalue weighted by molar-refractivity contribution is 0.168. The Labute approximate surface area is 89.8 Å². The molecular weight excluding hydrogens is 194 g/mol. The Morgan fingerprint density at radius 1 is 1.47 bits per heavy atom. The molecule has 0 fully saturated rings. The van der Waals surface area contributed by atoms with Gasteiger partial charge in [0.1, 0.15) is 5.82 Å². The third-order valence-electron chi connectivity index (χ3n) is 2.09. The average molecular weight is 211 g/mol. The maximum Gasteiger partial charge on any atom is 0.216 e. The van der Waals surface area contributed by atoms with Crippen molar-refractivity contribution in [2.24, 2.45) is 0 Å². The topological polar surface area (TPSA) is 56.3 Å². The molecule has 0 radical (unpaired) electrons. The van der Waals surface area contributed by atoms with Crippen LogP contribution in [0.25, 0.3) is 0 Å². The summed E-state index contributed by atoms with van der Waals surface area (Å²) in [5.41, 5.74) is 0. The minimum Gasteiger partial charge on any atom is -0.481 e. The molecule has 5 heteroatoms. The van der Waals surface area contributed by atoms with E-state index < -0.39 is 0 Å². The number of nitrogens with zero attached hydrogens (tertiary/aromatic N) is 2. The van der Waals surface area contributed by atoms with E-state index >= 15 is 0 Å². The highest BCUT2D eigenvalue weighted by atomic mass is 16.5. The molecule has 0 amide bonds. The van der Waals surface area contributed by atoms with Crippen LogP contribution in [-0.2, 0) is 11.2 Å². The normalized spacial score (nSPS) is 12.5. The fraction of sp³-hybridized carbons (Fsp3) is 0.600. The molecule has 84 valence electrons. The smallest absolute Gasteiger partial charge is 0.216 e. The molecule has 0 aliphatic rings. The minimum absolute atomic E-state index is 0.224. The maximum atomic E-state index is 5.07. The van der Waals surface area contributed by atoms with E-state index in [1.54, 1.807) is 26.5 Å². The molecule has 1 unspecified atom stereocenters. The van der Waals surface area contributed by atoms with Gasteiger partial charge in [-0.05, 0) is 7.05 Å². The van der Waals surface area contributed by atoms with E-state index in [0.717, 1.165) is 12.2 Å². The van der Waals surface area contributed by atoms with Gasteiger partial charge in [-0.1, -0.05) is 0 Å². The Bertz CT molecular complexity index is 294. The van der Waals surface area contributed by atoms with Gasteiger partial charge < -0.3 is 14.8 Å². The van der Waals surface area contributed by atoms with Crippen LogP contribution in [0.2, 0.25) is 0 Å². The first kappa shape index (κ1) is 11.9. The van der Waals surface area contributed by atoms with Crippen molar-refractivity contribution in [2.75, 3.05) is 27.9 Å². The van der Waals surface area contributed by atoms with Crippen molar-refractivity contribution in [2.45, 2.75) is 12.5 Å². The monoisotopic (exact) mass is 211 g/mol. The van der Waals surface area contributed by atoms with Gasteiger partial charge in [-0.3, -0.25) is 0 Å². The highest BCUT2D eigenvalue weighted by Crippen LogP contribution is 2.05. The maximum absolute atomic E-state index is 5.07. The highest BCUT2D eigenvalue weighted by Gasteiger charge is 2.09. The quantitative estimate of drug-likeness (QED) is 0.731. The zero-order chi connectivity index (χ0) is 11.1. The first-order chi connectivity index (χ1) is 7.30. The second kappa shape index (κ2) is 6.31. The second-order valence-electron chi connectivity index (χ2n) is 3.16. The summed E-state index contributed by atoms with van der Waals surface area (Å²) in [7, 11) is 5.16.